The smallest absolute Gasteiger partial charge is 0.347 e. The first-order valence-corrected chi connectivity index (χ1v) is 5.64. The number of nitrogens with one attached hydrogen (secondary N) is 1. The molecule has 0 atom stereocenters. The van der Waals surface area contributed by atoms with E-state index in [0.717, 1.165) is 0 Å². The van der Waals surface area contributed by atoms with E-state index in [0.29, 0.717) is 15.9 Å². The zero-order chi connectivity index (χ0) is 13.3. The Labute approximate surface area is 107 Å². The SMILES string of the molecule is CCOC(=O)c1c(O)c2ccc(Cl)cc2[nH]c1=O. The van der Waals surface area contributed by atoms with Gasteiger partial charge in [-0.25, -0.2) is 4.79 Å². The first-order chi connectivity index (χ1) is 8.54. The van der Waals surface area contributed by atoms with Crippen LogP contribution in [-0.2, 0) is 4.74 Å². The molecule has 2 rings (SSSR count). The Kier molecular flexibility index (Phi) is 3.25. The predicted molar refractivity (Wildman–Crippen MR) is 67.2 cm³/mol. The number of carbonyl (C=O) groups is 1. The minimum Gasteiger partial charge on any atom is -0.506 e. The number of fused-ring (bicyclic) bond motifs is 1. The third kappa shape index (κ3) is 2.04. The summed E-state index contributed by atoms with van der Waals surface area (Å²) in [6.07, 6.45) is 0. The van der Waals surface area contributed by atoms with Gasteiger partial charge in [-0.2, -0.15) is 0 Å². The molecule has 0 amide bonds. The number of halogens is 1. The second-order valence-corrected chi connectivity index (χ2v) is 4.02. The maximum atomic E-state index is 11.7. The number of benzene rings is 1. The molecule has 0 unspecified atom stereocenters. The minimum absolute atomic E-state index is 0.121. The number of aromatic amines is 1. The minimum atomic E-state index is -0.854. The van der Waals surface area contributed by atoms with Crippen LogP contribution in [-0.4, -0.2) is 22.7 Å². The van der Waals surface area contributed by atoms with Crippen LogP contribution in [0.2, 0.25) is 5.02 Å². The fraction of sp³-hybridized carbons (Fsp3) is 0.167. The summed E-state index contributed by atoms with van der Waals surface area (Å²) in [6, 6.07) is 4.56. The molecule has 0 spiro atoms. The van der Waals surface area contributed by atoms with E-state index < -0.39 is 22.8 Å². The highest BCUT2D eigenvalue weighted by molar-refractivity contribution is 6.31. The van der Waals surface area contributed by atoms with Crippen molar-refractivity contribution in [2.45, 2.75) is 6.92 Å². The Bertz CT molecular complexity index is 678. The molecule has 0 aliphatic rings. The Morgan fingerprint density at radius 1 is 1.50 bits per heavy atom. The molecule has 0 bridgehead atoms. The van der Waals surface area contributed by atoms with Crippen molar-refractivity contribution in [3.63, 3.8) is 0 Å². The Balaban J connectivity index is 2.73. The van der Waals surface area contributed by atoms with E-state index in [2.05, 4.69) is 4.98 Å². The monoisotopic (exact) mass is 267 g/mol. The van der Waals surface area contributed by atoms with Crippen molar-refractivity contribution in [3.8, 4) is 5.75 Å². The van der Waals surface area contributed by atoms with Gasteiger partial charge in [-0.3, -0.25) is 4.79 Å². The summed E-state index contributed by atoms with van der Waals surface area (Å²) < 4.78 is 4.72. The van der Waals surface area contributed by atoms with Crippen LogP contribution in [0.1, 0.15) is 17.3 Å². The summed E-state index contributed by atoms with van der Waals surface area (Å²) >= 11 is 5.78. The van der Waals surface area contributed by atoms with Gasteiger partial charge in [0.2, 0.25) is 0 Å². The van der Waals surface area contributed by atoms with Crippen molar-refractivity contribution in [3.05, 3.63) is 39.1 Å². The lowest BCUT2D eigenvalue weighted by atomic mass is 10.1. The van der Waals surface area contributed by atoms with E-state index in [-0.39, 0.29) is 6.61 Å². The first kappa shape index (κ1) is 12.4. The molecule has 2 N–H and O–H groups in total. The van der Waals surface area contributed by atoms with Crippen LogP contribution >= 0.6 is 11.6 Å². The van der Waals surface area contributed by atoms with Gasteiger partial charge >= 0.3 is 5.97 Å². The molecule has 5 nitrogen and oxygen atoms in total. The molecule has 1 aromatic heterocycles. The Morgan fingerprint density at radius 2 is 2.22 bits per heavy atom. The van der Waals surface area contributed by atoms with Crippen LogP contribution in [0.4, 0.5) is 0 Å². The number of pyridine rings is 1. The maximum absolute atomic E-state index is 11.7. The molecule has 0 saturated heterocycles. The van der Waals surface area contributed by atoms with E-state index >= 15 is 0 Å². The quantitative estimate of drug-likeness (QED) is 0.817. The number of ether oxygens (including phenoxy) is 1. The van der Waals surface area contributed by atoms with E-state index in [1.54, 1.807) is 13.0 Å². The fourth-order valence-electron chi connectivity index (χ4n) is 1.65. The lowest BCUT2D eigenvalue weighted by Crippen LogP contribution is -2.20. The largest absolute Gasteiger partial charge is 0.506 e. The standard InChI is InChI=1S/C12H10ClNO4/c1-2-18-12(17)9-10(15)7-4-3-6(13)5-8(7)14-11(9)16/h3-5H,2H2,1H3,(H2,14,15,16). The molecule has 0 fully saturated rings. The summed E-state index contributed by atoms with van der Waals surface area (Å²) in [7, 11) is 0. The zero-order valence-electron chi connectivity index (χ0n) is 9.49. The molecular formula is C12H10ClNO4. The number of hydrogen-bond acceptors (Lipinski definition) is 4. The van der Waals surface area contributed by atoms with E-state index in [1.165, 1.54) is 12.1 Å². The Hall–Kier alpha value is -2.01. The number of rotatable bonds is 2. The van der Waals surface area contributed by atoms with Gasteiger partial charge in [0.25, 0.3) is 5.56 Å². The second kappa shape index (κ2) is 4.70. The van der Waals surface area contributed by atoms with Gasteiger partial charge < -0.3 is 14.8 Å². The predicted octanol–water partition coefficient (Wildman–Crippen LogP) is 2.06. The van der Waals surface area contributed by atoms with Crippen LogP contribution in [0.25, 0.3) is 10.9 Å². The molecule has 0 aliphatic carbocycles. The molecule has 94 valence electrons. The van der Waals surface area contributed by atoms with Gasteiger partial charge in [0.05, 0.1) is 12.1 Å². The normalized spacial score (nSPS) is 10.6. The van der Waals surface area contributed by atoms with Crippen molar-refractivity contribution in [2.75, 3.05) is 6.61 Å². The van der Waals surface area contributed by atoms with Crippen molar-refractivity contribution in [1.29, 1.82) is 0 Å². The zero-order valence-corrected chi connectivity index (χ0v) is 10.2. The van der Waals surface area contributed by atoms with Crippen LogP contribution in [0.3, 0.4) is 0 Å². The lowest BCUT2D eigenvalue weighted by Gasteiger charge is -2.06. The molecule has 0 saturated carbocycles. The van der Waals surface area contributed by atoms with Crippen LogP contribution in [0.5, 0.6) is 5.75 Å². The number of aromatic nitrogens is 1. The average Bonchev–Trinajstić information content (AvgIpc) is 2.28. The summed E-state index contributed by atoms with van der Waals surface area (Å²) in [4.78, 5) is 25.8. The van der Waals surface area contributed by atoms with Gasteiger partial charge in [0.15, 0.2) is 5.56 Å². The van der Waals surface area contributed by atoms with Crippen molar-refractivity contribution >= 4 is 28.5 Å². The molecule has 1 heterocycles. The van der Waals surface area contributed by atoms with Gasteiger partial charge in [-0.05, 0) is 25.1 Å². The molecule has 6 heteroatoms. The van der Waals surface area contributed by atoms with Gasteiger partial charge in [0, 0.05) is 10.4 Å². The van der Waals surface area contributed by atoms with Crippen LogP contribution in [0, 0.1) is 0 Å². The van der Waals surface area contributed by atoms with Gasteiger partial charge in [-0.15, -0.1) is 0 Å². The number of H-pyrrole nitrogens is 1. The molecular weight excluding hydrogens is 258 g/mol. The summed E-state index contributed by atoms with van der Waals surface area (Å²) in [5.74, 6) is -1.25. The van der Waals surface area contributed by atoms with Crippen molar-refractivity contribution < 1.29 is 14.6 Å². The molecule has 18 heavy (non-hydrogen) atoms. The van der Waals surface area contributed by atoms with Crippen molar-refractivity contribution in [2.24, 2.45) is 0 Å². The molecule has 0 aliphatic heterocycles. The van der Waals surface area contributed by atoms with E-state index in [9.17, 15) is 14.7 Å². The van der Waals surface area contributed by atoms with Gasteiger partial charge in [0.1, 0.15) is 5.75 Å². The summed E-state index contributed by atoms with van der Waals surface area (Å²) in [5.41, 5.74) is -0.745. The third-order valence-electron chi connectivity index (χ3n) is 2.43. The number of esters is 1. The maximum Gasteiger partial charge on any atom is 0.347 e. The third-order valence-corrected chi connectivity index (χ3v) is 2.66. The average molecular weight is 268 g/mol. The highest BCUT2D eigenvalue weighted by atomic mass is 35.5. The summed E-state index contributed by atoms with van der Waals surface area (Å²) in [5, 5.41) is 10.7. The topological polar surface area (TPSA) is 79.4 Å². The van der Waals surface area contributed by atoms with Crippen LogP contribution in [0.15, 0.2) is 23.0 Å². The number of aromatic hydroxyl groups is 1. The second-order valence-electron chi connectivity index (χ2n) is 3.59. The lowest BCUT2D eigenvalue weighted by molar-refractivity contribution is 0.0521. The molecule has 0 radical (unpaired) electrons. The number of hydrogen-bond donors (Lipinski definition) is 2. The Morgan fingerprint density at radius 3 is 2.89 bits per heavy atom. The van der Waals surface area contributed by atoms with Crippen molar-refractivity contribution in [1.82, 2.24) is 4.98 Å². The fourth-order valence-corrected chi connectivity index (χ4v) is 1.82. The highest BCUT2D eigenvalue weighted by Gasteiger charge is 2.20. The molecule has 1 aromatic carbocycles. The van der Waals surface area contributed by atoms with E-state index in [1.807, 2.05) is 0 Å². The van der Waals surface area contributed by atoms with Gasteiger partial charge in [-0.1, -0.05) is 11.6 Å². The highest BCUT2D eigenvalue weighted by Crippen LogP contribution is 2.27. The van der Waals surface area contributed by atoms with Crippen LogP contribution < -0.4 is 5.56 Å². The van der Waals surface area contributed by atoms with E-state index in [4.69, 9.17) is 16.3 Å². The first-order valence-electron chi connectivity index (χ1n) is 5.26. The molecule has 2 aromatic rings. The summed E-state index contributed by atoms with van der Waals surface area (Å²) in [6.45, 7) is 1.74. The number of carbonyl (C=O) groups excluding carboxylic acids is 1.